The largest absolute Gasteiger partial charge is 0.478 e. The van der Waals surface area contributed by atoms with E-state index in [1.807, 2.05) is 0 Å². The summed E-state index contributed by atoms with van der Waals surface area (Å²) in [5.74, 6) is -0.577. The Morgan fingerprint density at radius 1 is 1.00 bits per heavy atom. The predicted molar refractivity (Wildman–Crippen MR) is 70.3 cm³/mol. The highest BCUT2D eigenvalue weighted by Crippen LogP contribution is 2.10. The van der Waals surface area contributed by atoms with Gasteiger partial charge < -0.3 is 10.4 Å². The van der Waals surface area contributed by atoms with E-state index < -0.39 is 12.0 Å². The molecule has 6 heteroatoms. The molecular weight excluding hydrogens is 246 g/mol. The van der Waals surface area contributed by atoms with E-state index in [0.717, 1.165) is 0 Å². The molecule has 0 atom stereocenters. The van der Waals surface area contributed by atoms with Gasteiger partial charge in [-0.2, -0.15) is 0 Å². The summed E-state index contributed by atoms with van der Waals surface area (Å²) < 4.78 is 0. The highest BCUT2D eigenvalue weighted by molar-refractivity contribution is 5.99. The third-order valence-corrected chi connectivity index (χ3v) is 2.30. The molecule has 0 unspecified atom stereocenters. The maximum atomic E-state index is 11.6. The van der Waals surface area contributed by atoms with Gasteiger partial charge in [0, 0.05) is 11.9 Å². The highest BCUT2D eigenvalue weighted by atomic mass is 16.4. The lowest BCUT2D eigenvalue weighted by molar-refractivity contribution is 0.0697. The van der Waals surface area contributed by atoms with Gasteiger partial charge in [-0.1, -0.05) is 6.07 Å². The molecule has 0 aliphatic carbocycles. The van der Waals surface area contributed by atoms with Crippen LogP contribution in [0.15, 0.2) is 48.7 Å². The minimum Gasteiger partial charge on any atom is -0.478 e. The first-order valence-electron chi connectivity index (χ1n) is 5.47. The summed E-state index contributed by atoms with van der Waals surface area (Å²) in [6, 6.07) is 10.6. The molecule has 0 radical (unpaired) electrons. The normalized spacial score (nSPS) is 9.68. The van der Waals surface area contributed by atoms with Gasteiger partial charge in [0.1, 0.15) is 5.82 Å². The van der Waals surface area contributed by atoms with Crippen molar-refractivity contribution >= 4 is 23.5 Å². The first-order chi connectivity index (χ1) is 9.15. The van der Waals surface area contributed by atoms with Gasteiger partial charge in [-0.25, -0.2) is 14.6 Å². The lowest BCUT2D eigenvalue weighted by Crippen LogP contribution is -2.19. The van der Waals surface area contributed by atoms with Crippen LogP contribution in [0.4, 0.5) is 16.3 Å². The number of nitrogens with zero attached hydrogens (tertiary/aromatic N) is 1. The molecule has 0 saturated carbocycles. The van der Waals surface area contributed by atoms with Crippen molar-refractivity contribution in [3.05, 3.63) is 54.2 Å². The Kier molecular flexibility index (Phi) is 3.72. The van der Waals surface area contributed by atoms with Gasteiger partial charge in [0.05, 0.1) is 5.56 Å². The van der Waals surface area contributed by atoms with E-state index in [-0.39, 0.29) is 5.56 Å². The number of anilines is 2. The number of rotatable bonds is 3. The molecule has 1 heterocycles. The number of carboxylic acid groups (broad SMARTS) is 1. The van der Waals surface area contributed by atoms with Crippen LogP contribution in [0.3, 0.4) is 0 Å². The molecule has 0 bridgehead atoms. The summed E-state index contributed by atoms with van der Waals surface area (Å²) in [6.45, 7) is 0. The van der Waals surface area contributed by atoms with Gasteiger partial charge in [-0.15, -0.1) is 0 Å². The first-order valence-corrected chi connectivity index (χ1v) is 5.47. The summed E-state index contributed by atoms with van der Waals surface area (Å²) in [5.41, 5.74) is 0.661. The third-order valence-electron chi connectivity index (χ3n) is 2.30. The maximum Gasteiger partial charge on any atom is 0.335 e. The Balaban J connectivity index is 1.97. The summed E-state index contributed by atoms with van der Waals surface area (Å²) >= 11 is 0. The maximum absolute atomic E-state index is 11.6. The van der Waals surface area contributed by atoms with E-state index in [1.54, 1.807) is 24.4 Å². The van der Waals surface area contributed by atoms with Gasteiger partial charge in [0.25, 0.3) is 0 Å². The number of carbonyl (C=O) groups is 2. The van der Waals surface area contributed by atoms with E-state index in [0.29, 0.717) is 11.5 Å². The standard InChI is InChI=1S/C13H11N3O3/c17-12(18)9-4-6-10(7-5-9)15-13(19)16-11-3-1-2-8-14-11/h1-8H,(H,17,18)(H2,14,15,16,19). The molecule has 19 heavy (non-hydrogen) atoms. The second-order valence-corrected chi connectivity index (χ2v) is 3.68. The van der Waals surface area contributed by atoms with Crippen molar-refractivity contribution in [3.63, 3.8) is 0 Å². The fourth-order valence-corrected chi connectivity index (χ4v) is 1.41. The zero-order chi connectivity index (χ0) is 13.7. The van der Waals surface area contributed by atoms with Crippen molar-refractivity contribution in [2.75, 3.05) is 10.6 Å². The van der Waals surface area contributed by atoms with Crippen molar-refractivity contribution in [1.29, 1.82) is 0 Å². The second-order valence-electron chi connectivity index (χ2n) is 3.68. The SMILES string of the molecule is O=C(Nc1ccc(C(=O)O)cc1)Nc1ccccn1. The summed E-state index contributed by atoms with van der Waals surface area (Å²) in [6.07, 6.45) is 1.57. The number of hydrogen-bond acceptors (Lipinski definition) is 3. The van der Waals surface area contributed by atoms with Gasteiger partial charge in [-0.3, -0.25) is 5.32 Å². The van der Waals surface area contributed by atoms with Crippen LogP contribution in [0.2, 0.25) is 0 Å². The van der Waals surface area contributed by atoms with Crippen LogP contribution >= 0.6 is 0 Å². The quantitative estimate of drug-likeness (QED) is 0.787. The first kappa shape index (κ1) is 12.6. The zero-order valence-electron chi connectivity index (χ0n) is 9.83. The fourth-order valence-electron chi connectivity index (χ4n) is 1.41. The monoisotopic (exact) mass is 257 g/mol. The Bertz CT molecular complexity index is 582. The van der Waals surface area contributed by atoms with Crippen LogP contribution in [0.1, 0.15) is 10.4 Å². The average molecular weight is 257 g/mol. The van der Waals surface area contributed by atoms with Crippen LogP contribution in [-0.4, -0.2) is 22.1 Å². The number of amides is 2. The minimum absolute atomic E-state index is 0.163. The van der Waals surface area contributed by atoms with Gasteiger partial charge >= 0.3 is 12.0 Å². The molecule has 6 nitrogen and oxygen atoms in total. The van der Waals surface area contributed by atoms with E-state index in [1.165, 1.54) is 24.3 Å². The van der Waals surface area contributed by atoms with E-state index in [4.69, 9.17) is 5.11 Å². The second kappa shape index (κ2) is 5.63. The number of urea groups is 1. The summed E-state index contributed by atoms with van der Waals surface area (Å²) in [5, 5.41) is 13.9. The van der Waals surface area contributed by atoms with Gasteiger partial charge in [-0.05, 0) is 36.4 Å². The molecule has 3 N–H and O–H groups in total. The molecule has 2 rings (SSSR count). The molecular formula is C13H11N3O3. The fraction of sp³-hybridized carbons (Fsp3) is 0. The number of carboxylic acids is 1. The van der Waals surface area contributed by atoms with Crippen LogP contribution in [-0.2, 0) is 0 Å². The number of aromatic nitrogens is 1. The predicted octanol–water partition coefficient (Wildman–Crippen LogP) is 2.42. The highest BCUT2D eigenvalue weighted by Gasteiger charge is 2.05. The minimum atomic E-state index is -1.01. The number of nitrogens with one attached hydrogen (secondary N) is 2. The molecule has 0 fully saturated rings. The van der Waals surface area contributed by atoms with Crippen molar-refractivity contribution in [1.82, 2.24) is 4.98 Å². The van der Waals surface area contributed by atoms with Crippen LogP contribution in [0, 0.1) is 0 Å². The topological polar surface area (TPSA) is 91.3 Å². The van der Waals surface area contributed by atoms with Crippen LogP contribution in [0.25, 0.3) is 0 Å². The lowest BCUT2D eigenvalue weighted by Gasteiger charge is -2.06. The van der Waals surface area contributed by atoms with E-state index in [2.05, 4.69) is 15.6 Å². The number of aromatic carboxylic acids is 1. The summed E-state index contributed by atoms with van der Waals surface area (Å²) in [7, 11) is 0. The van der Waals surface area contributed by atoms with Gasteiger partial charge in [0.2, 0.25) is 0 Å². The van der Waals surface area contributed by atoms with Crippen LogP contribution < -0.4 is 10.6 Å². The van der Waals surface area contributed by atoms with Crippen molar-refractivity contribution < 1.29 is 14.7 Å². The molecule has 0 aliphatic rings. The van der Waals surface area contributed by atoms with Crippen LogP contribution in [0.5, 0.6) is 0 Å². The average Bonchev–Trinajstić information content (AvgIpc) is 2.40. The Labute approximate surface area is 109 Å². The third kappa shape index (κ3) is 3.53. The van der Waals surface area contributed by atoms with Gasteiger partial charge in [0.15, 0.2) is 0 Å². The Morgan fingerprint density at radius 3 is 2.32 bits per heavy atom. The summed E-state index contributed by atoms with van der Waals surface area (Å²) in [4.78, 5) is 26.2. The lowest BCUT2D eigenvalue weighted by atomic mass is 10.2. The smallest absolute Gasteiger partial charge is 0.335 e. The number of benzene rings is 1. The van der Waals surface area contributed by atoms with Crippen molar-refractivity contribution in [3.8, 4) is 0 Å². The molecule has 0 saturated heterocycles. The molecule has 0 spiro atoms. The molecule has 96 valence electrons. The molecule has 2 amide bonds. The Hall–Kier alpha value is -2.89. The number of hydrogen-bond donors (Lipinski definition) is 3. The van der Waals surface area contributed by atoms with Crippen molar-refractivity contribution in [2.24, 2.45) is 0 Å². The van der Waals surface area contributed by atoms with Crippen molar-refractivity contribution in [2.45, 2.75) is 0 Å². The number of pyridine rings is 1. The Morgan fingerprint density at radius 2 is 1.74 bits per heavy atom. The van der Waals surface area contributed by atoms with E-state index >= 15 is 0 Å². The van der Waals surface area contributed by atoms with E-state index in [9.17, 15) is 9.59 Å². The molecule has 2 aromatic rings. The number of carbonyl (C=O) groups excluding carboxylic acids is 1. The molecule has 1 aromatic heterocycles. The molecule has 1 aromatic carbocycles. The zero-order valence-corrected chi connectivity index (χ0v) is 9.83. The molecule has 0 aliphatic heterocycles.